The lowest BCUT2D eigenvalue weighted by molar-refractivity contribution is -0.130. The summed E-state index contributed by atoms with van der Waals surface area (Å²) in [6.07, 6.45) is 9.77. The molecule has 5 fully saturated rings. The monoisotopic (exact) mass is 530 g/mol. The molecule has 1 aromatic carbocycles. The zero-order valence-corrected chi connectivity index (χ0v) is 21.7. The number of hydrogen-bond donors (Lipinski definition) is 1. The molecule has 7 rings (SSSR count). The Bertz CT molecular complexity index is 1150. The van der Waals surface area contributed by atoms with Crippen LogP contribution >= 0.6 is 35.8 Å². The smallest absolute Gasteiger partial charge is 0.266 e. The second kappa shape index (κ2) is 9.66. The number of amides is 1. The van der Waals surface area contributed by atoms with Crippen LogP contribution in [-0.2, 0) is 11.2 Å². The number of aryl methyl sites for hydroxylation is 1. The number of hydrogen-bond acceptors (Lipinski definition) is 5. The van der Waals surface area contributed by atoms with Crippen molar-refractivity contribution in [2.75, 3.05) is 6.54 Å². The van der Waals surface area contributed by atoms with Crippen LogP contribution in [0, 0.1) is 29.5 Å². The lowest BCUT2D eigenvalue weighted by Crippen LogP contribution is -2.57. The molecule has 35 heavy (non-hydrogen) atoms. The van der Waals surface area contributed by atoms with Crippen molar-refractivity contribution >= 4 is 52.1 Å². The molecule has 8 heteroatoms. The van der Waals surface area contributed by atoms with Crippen LogP contribution in [0.1, 0.15) is 49.8 Å². The highest BCUT2D eigenvalue weighted by molar-refractivity contribution is 8.26. The molecule has 4 bridgehead atoms. The summed E-state index contributed by atoms with van der Waals surface area (Å²) in [7, 11) is 0. The molecule has 1 amide bonds. The fraction of sp³-hybridized carbons (Fsp3) is 0.481. The molecule has 1 aromatic heterocycles. The molecule has 4 aliphatic carbocycles. The molecule has 2 aromatic rings. The number of nitrogens with zero attached hydrogens (tertiary/aromatic N) is 1. The number of rotatable bonds is 7. The molecule has 4 saturated carbocycles. The third-order valence-electron chi connectivity index (χ3n) is 8.25. The molecule has 4 nitrogen and oxygen atoms in total. The van der Waals surface area contributed by atoms with Crippen molar-refractivity contribution in [3.05, 3.63) is 52.4 Å². The van der Waals surface area contributed by atoms with E-state index < -0.39 is 0 Å². The van der Waals surface area contributed by atoms with E-state index in [2.05, 4.69) is 4.84 Å². The predicted octanol–water partition coefficient (Wildman–Crippen LogP) is 6.79. The molecule has 1 aliphatic heterocycles. The van der Waals surface area contributed by atoms with Crippen LogP contribution in [0.25, 0.3) is 17.4 Å². The van der Waals surface area contributed by atoms with Gasteiger partial charge in [-0.3, -0.25) is 9.69 Å². The Morgan fingerprint density at radius 2 is 1.83 bits per heavy atom. The maximum Gasteiger partial charge on any atom is 0.266 e. The van der Waals surface area contributed by atoms with Gasteiger partial charge in [-0.2, -0.15) is 0 Å². The van der Waals surface area contributed by atoms with Gasteiger partial charge in [0.2, 0.25) is 0 Å². The van der Waals surface area contributed by atoms with E-state index in [1.807, 2.05) is 17.0 Å². The summed E-state index contributed by atoms with van der Waals surface area (Å²) in [6, 6.07) is 8.48. The number of thioether (sulfide) groups is 1. The van der Waals surface area contributed by atoms with Crippen molar-refractivity contribution in [3.63, 3.8) is 0 Å². The number of furan rings is 1. The van der Waals surface area contributed by atoms with Gasteiger partial charge in [0, 0.05) is 24.2 Å². The quantitative estimate of drug-likeness (QED) is 0.185. The average molecular weight is 531 g/mol. The average Bonchev–Trinajstić information content (AvgIpc) is 3.35. The van der Waals surface area contributed by atoms with Crippen LogP contribution in [0.15, 0.2) is 39.7 Å². The fourth-order valence-electron chi connectivity index (χ4n) is 7.04. The standard InChI is InChI=1S/C27H28ClFN2O2S2/c28-30-7-1-2-18-13-22(17-3-5-21(29)6-4-17)33-23(18)14-24-26(32)31(27(34)35-24)25-19-9-15-8-16(11-19)12-20(25)10-15/h3-6,13-16,19-20,25,30H,1-2,7-12H2/b24-14-. The highest BCUT2D eigenvalue weighted by Crippen LogP contribution is 2.56. The summed E-state index contributed by atoms with van der Waals surface area (Å²) < 4.78 is 20.3. The maximum absolute atomic E-state index is 13.7. The second-order valence-corrected chi connectivity index (χ2v) is 12.4. The summed E-state index contributed by atoms with van der Waals surface area (Å²) in [6.45, 7) is 0.659. The van der Waals surface area contributed by atoms with Gasteiger partial charge in [0.05, 0.1) is 4.91 Å². The lowest BCUT2D eigenvalue weighted by Gasteiger charge is -2.56. The largest absolute Gasteiger partial charge is 0.456 e. The Morgan fingerprint density at radius 1 is 1.14 bits per heavy atom. The third-order valence-corrected chi connectivity index (χ3v) is 9.77. The zero-order chi connectivity index (χ0) is 24.1. The van der Waals surface area contributed by atoms with Crippen LogP contribution in [0.2, 0.25) is 0 Å². The maximum atomic E-state index is 13.7. The van der Waals surface area contributed by atoms with Crippen molar-refractivity contribution in [2.24, 2.45) is 23.7 Å². The molecule has 1 saturated heterocycles. The number of halogens is 2. The van der Waals surface area contributed by atoms with Crippen LogP contribution in [0.4, 0.5) is 4.39 Å². The minimum Gasteiger partial charge on any atom is -0.456 e. The SMILES string of the molecule is O=C1/C(=C/c2oc(-c3ccc(F)cc3)cc2CCCNCl)SC(=S)N1C1C2CC3CC(C2)CC1C3. The first kappa shape index (κ1) is 23.7. The van der Waals surface area contributed by atoms with Gasteiger partial charge in [0.15, 0.2) is 0 Å². The first-order valence-corrected chi connectivity index (χ1v) is 14.1. The van der Waals surface area contributed by atoms with Gasteiger partial charge in [-0.05, 0) is 116 Å². The molecule has 2 heterocycles. The first-order chi connectivity index (χ1) is 17.0. The number of carbonyl (C=O) groups is 1. The van der Waals surface area contributed by atoms with Gasteiger partial charge in [0.25, 0.3) is 5.91 Å². The van der Waals surface area contributed by atoms with Gasteiger partial charge in [-0.15, -0.1) is 0 Å². The molecule has 0 spiro atoms. The zero-order valence-electron chi connectivity index (χ0n) is 19.3. The van der Waals surface area contributed by atoms with Crippen LogP contribution in [0.3, 0.4) is 0 Å². The van der Waals surface area contributed by atoms with E-state index in [1.165, 1.54) is 56.0 Å². The molecule has 5 aliphatic rings. The molecular weight excluding hydrogens is 503 g/mol. The summed E-state index contributed by atoms with van der Waals surface area (Å²) in [5.41, 5.74) is 1.79. The molecular formula is C27H28ClFN2O2S2. The number of benzene rings is 1. The number of nitrogens with one attached hydrogen (secondary N) is 1. The predicted molar refractivity (Wildman–Crippen MR) is 142 cm³/mol. The Morgan fingerprint density at radius 3 is 2.49 bits per heavy atom. The van der Waals surface area contributed by atoms with E-state index >= 15 is 0 Å². The second-order valence-electron chi connectivity index (χ2n) is 10.5. The summed E-state index contributed by atoms with van der Waals surface area (Å²) in [4.78, 5) is 18.9. The van der Waals surface area contributed by atoms with Gasteiger partial charge in [-0.25, -0.2) is 9.23 Å². The molecule has 184 valence electrons. The van der Waals surface area contributed by atoms with Crippen molar-refractivity contribution in [1.29, 1.82) is 0 Å². The van der Waals surface area contributed by atoms with Crippen molar-refractivity contribution < 1.29 is 13.6 Å². The molecule has 0 radical (unpaired) electrons. The fourth-order valence-corrected chi connectivity index (χ4v) is 8.49. The van der Waals surface area contributed by atoms with E-state index in [9.17, 15) is 9.18 Å². The first-order valence-electron chi connectivity index (χ1n) is 12.5. The van der Waals surface area contributed by atoms with Gasteiger partial charge >= 0.3 is 0 Å². The van der Waals surface area contributed by atoms with E-state index in [0.29, 0.717) is 39.1 Å². The summed E-state index contributed by atoms with van der Waals surface area (Å²) in [5.74, 6) is 3.90. The Balaban J connectivity index is 1.29. The Kier molecular flexibility index (Phi) is 6.54. The van der Waals surface area contributed by atoms with Crippen molar-refractivity contribution in [1.82, 2.24) is 9.74 Å². The summed E-state index contributed by atoms with van der Waals surface area (Å²) in [5, 5.41) is 0. The lowest BCUT2D eigenvalue weighted by atomic mass is 9.54. The van der Waals surface area contributed by atoms with Crippen molar-refractivity contribution in [3.8, 4) is 11.3 Å². The van der Waals surface area contributed by atoms with Gasteiger partial charge < -0.3 is 4.42 Å². The van der Waals surface area contributed by atoms with E-state index in [1.54, 1.807) is 12.1 Å². The van der Waals surface area contributed by atoms with Gasteiger partial charge in [0.1, 0.15) is 21.7 Å². The van der Waals surface area contributed by atoms with E-state index in [0.717, 1.165) is 35.8 Å². The van der Waals surface area contributed by atoms with Crippen LogP contribution in [-0.4, -0.2) is 27.7 Å². The van der Waals surface area contributed by atoms with Crippen LogP contribution in [0.5, 0.6) is 0 Å². The molecule has 0 atom stereocenters. The molecule has 1 N–H and O–H groups in total. The van der Waals surface area contributed by atoms with Crippen LogP contribution < -0.4 is 4.84 Å². The van der Waals surface area contributed by atoms with Gasteiger partial charge in [-0.1, -0.05) is 24.0 Å². The molecule has 0 unspecified atom stereocenters. The topological polar surface area (TPSA) is 45.5 Å². The van der Waals surface area contributed by atoms with E-state index in [4.69, 9.17) is 28.4 Å². The Labute approximate surface area is 219 Å². The van der Waals surface area contributed by atoms with E-state index in [-0.39, 0.29) is 17.8 Å². The number of carbonyl (C=O) groups excluding carboxylic acids is 1. The normalized spacial score (nSPS) is 30.7. The highest BCUT2D eigenvalue weighted by atomic mass is 35.5. The minimum absolute atomic E-state index is 0.0191. The Hall–Kier alpha value is -1.67. The summed E-state index contributed by atoms with van der Waals surface area (Å²) >= 11 is 12.8. The minimum atomic E-state index is -0.289. The third kappa shape index (κ3) is 4.50. The number of thiocarbonyl (C=S) groups is 1. The van der Waals surface area contributed by atoms with Crippen molar-refractivity contribution in [2.45, 2.75) is 51.0 Å². The highest BCUT2D eigenvalue weighted by Gasteiger charge is 2.53.